The molecule has 0 bridgehead atoms. The third-order valence-electron chi connectivity index (χ3n) is 5.63. The summed E-state index contributed by atoms with van der Waals surface area (Å²) in [6.07, 6.45) is 3.85. The highest BCUT2D eigenvalue weighted by atomic mass is 16.5. The van der Waals surface area contributed by atoms with Crippen molar-refractivity contribution in [1.29, 1.82) is 0 Å². The number of rotatable bonds is 1. The molecule has 2 aliphatic rings. The second-order valence-electron chi connectivity index (χ2n) is 7.37. The van der Waals surface area contributed by atoms with E-state index in [1.54, 1.807) is 7.11 Å². The molecule has 0 radical (unpaired) electrons. The lowest BCUT2D eigenvalue weighted by atomic mass is 9.68. The Bertz CT molecular complexity index is 749. The summed E-state index contributed by atoms with van der Waals surface area (Å²) < 4.78 is 8.34. The zero-order chi connectivity index (χ0) is 15.7. The van der Waals surface area contributed by atoms with E-state index in [2.05, 4.69) is 48.0 Å². The molecule has 1 aliphatic heterocycles. The summed E-state index contributed by atoms with van der Waals surface area (Å²) in [6, 6.07) is 6.71. The molecular weight excluding hydrogens is 276 g/mol. The second kappa shape index (κ2) is 4.34. The highest BCUT2D eigenvalue weighted by Gasteiger charge is 2.54. The summed E-state index contributed by atoms with van der Waals surface area (Å²) in [4.78, 5) is 2.27. The molecule has 4 rings (SSSR count). The number of fused-ring (bicyclic) bond motifs is 2. The topological polar surface area (TPSA) is 37.6 Å². The van der Waals surface area contributed by atoms with Crippen LogP contribution in [0.4, 0.5) is 0 Å². The largest absolute Gasteiger partial charge is 0.389 e. The van der Waals surface area contributed by atoms with Crippen LogP contribution >= 0.6 is 0 Å². The number of ether oxygens (including phenoxy) is 1. The number of likely N-dealkylation sites (N-methyl/N-ethyl adjacent to an activating group) is 1. The molecule has 2 heterocycles. The van der Waals surface area contributed by atoms with E-state index in [1.807, 2.05) is 6.92 Å². The van der Waals surface area contributed by atoms with E-state index in [0.29, 0.717) is 13.0 Å². The van der Waals surface area contributed by atoms with Gasteiger partial charge in [-0.25, -0.2) is 0 Å². The van der Waals surface area contributed by atoms with Crippen LogP contribution in [0.3, 0.4) is 0 Å². The highest BCUT2D eigenvalue weighted by molar-refractivity contribution is 5.89. The number of piperidine rings is 1. The predicted molar refractivity (Wildman–Crippen MR) is 87.0 cm³/mol. The van der Waals surface area contributed by atoms with Crippen molar-refractivity contribution >= 4 is 10.9 Å². The minimum atomic E-state index is -0.740. The number of methoxy groups -OCH3 is 1. The van der Waals surface area contributed by atoms with Crippen molar-refractivity contribution in [2.24, 2.45) is 7.05 Å². The van der Waals surface area contributed by atoms with Gasteiger partial charge in [0.1, 0.15) is 5.60 Å². The average molecular weight is 300 g/mol. The maximum atomic E-state index is 10.8. The van der Waals surface area contributed by atoms with Crippen molar-refractivity contribution < 1.29 is 9.84 Å². The van der Waals surface area contributed by atoms with Gasteiger partial charge in [0, 0.05) is 50.3 Å². The highest BCUT2D eigenvalue weighted by Crippen LogP contribution is 2.50. The molecule has 1 aromatic carbocycles. The summed E-state index contributed by atoms with van der Waals surface area (Å²) in [5.41, 5.74) is 2.68. The monoisotopic (exact) mass is 300 g/mol. The minimum Gasteiger partial charge on any atom is -0.389 e. The average Bonchev–Trinajstić information content (AvgIpc) is 2.78. The lowest BCUT2D eigenvalue weighted by Gasteiger charge is -2.55. The Balaban J connectivity index is 2.02. The van der Waals surface area contributed by atoms with Crippen molar-refractivity contribution in [1.82, 2.24) is 9.47 Å². The van der Waals surface area contributed by atoms with E-state index in [0.717, 1.165) is 6.42 Å². The number of hydrogen-bond donors (Lipinski definition) is 1. The first-order chi connectivity index (χ1) is 10.4. The Morgan fingerprint density at radius 3 is 2.82 bits per heavy atom. The zero-order valence-corrected chi connectivity index (χ0v) is 13.8. The molecule has 3 atom stereocenters. The number of aliphatic hydroxyl groups is 1. The number of benzene rings is 1. The van der Waals surface area contributed by atoms with Crippen LogP contribution < -0.4 is 0 Å². The van der Waals surface area contributed by atoms with Gasteiger partial charge in [-0.05, 0) is 37.6 Å². The van der Waals surface area contributed by atoms with Crippen LogP contribution in [0, 0.1) is 0 Å². The van der Waals surface area contributed by atoms with Crippen molar-refractivity contribution in [3.63, 3.8) is 0 Å². The van der Waals surface area contributed by atoms with Gasteiger partial charge in [-0.2, -0.15) is 0 Å². The molecule has 4 nitrogen and oxygen atoms in total. The molecular formula is C18H24N2O2. The summed E-state index contributed by atoms with van der Waals surface area (Å²) in [7, 11) is 5.99. The molecule has 1 N–H and O–H groups in total. The van der Waals surface area contributed by atoms with Gasteiger partial charge in [-0.1, -0.05) is 12.1 Å². The molecule has 0 amide bonds. The first kappa shape index (κ1) is 14.2. The quantitative estimate of drug-likeness (QED) is 0.876. The molecule has 1 unspecified atom stereocenters. The fraction of sp³-hybridized carbons (Fsp3) is 0.556. The van der Waals surface area contributed by atoms with Crippen LogP contribution in [0.5, 0.6) is 0 Å². The number of aromatic nitrogens is 1. The number of hydrogen-bond acceptors (Lipinski definition) is 3. The number of aryl methyl sites for hydroxylation is 1. The molecule has 1 saturated heterocycles. The van der Waals surface area contributed by atoms with Gasteiger partial charge in [-0.15, -0.1) is 0 Å². The first-order valence-corrected chi connectivity index (χ1v) is 7.93. The lowest BCUT2D eigenvalue weighted by Crippen LogP contribution is -2.64. The van der Waals surface area contributed by atoms with E-state index in [9.17, 15) is 5.11 Å². The van der Waals surface area contributed by atoms with Crippen molar-refractivity contribution in [3.8, 4) is 0 Å². The minimum absolute atomic E-state index is 0.262. The standard InChI is InChI=1S/C18H24N2O2/c1-17(21)10-18(22-4)13-6-5-7-14-16(13)12(9-19(14)2)8-15(18)20(3)11-17/h5-7,9,15,21H,8,10-11H2,1-4H3/t15-,17?,18+/m1/s1. The summed E-state index contributed by atoms with van der Waals surface area (Å²) >= 11 is 0. The number of likely N-dealkylation sites (tertiary alicyclic amines) is 1. The third kappa shape index (κ3) is 1.69. The Kier molecular flexibility index (Phi) is 2.81. The molecule has 118 valence electrons. The van der Waals surface area contributed by atoms with Gasteiger partial charge in [0.2, 0.25) is 0 Å². The predicted octanol–water partition coefficient (Wildman–Crippen LogP) is 2.03. The molecule has 1 fully saturated rings. The third-order valence-corrected chi connectivity index (χ3v) is 5.63. The smallest absolute Gasteiger partial charge is 0.112 e. The van der Waals surface area contributed by atoms with E-state index in [4.69, 9.17) is 4.74 Å². The Labute approximate surface area is 131 Å². The SMILES string of the molecule is CO[C@]12CC(C)(O)CN(C)[C@@H]1Cc1cn(C)c3cccc2c13. The van der Waals surface area contributed by atoms with Crippen LogP contribution in [-0.4, -0.2) is 46.9 Å². The molecule has 1 aliphatic carbocycles. The Morgan fingerprint density at radius 1 is 1.32 bits per heavy atom. The van der Waals surface area contributed by atoms with Crippen LogP contribution in [0.15, 0.2) is 24.4 Å². The maximum Gasteiger partial charge on any atom is 0.112 e. The molecule has 0 spiro atoms. The van der Waals surface area contributed by atoms with E-state index >= 15 is 0 Å². The molecule has 1 aromatic heterocycles. The van der Waals surface area contributed by atoms with E-state index in [-0.39, 0.29) is 6.04 Å². The van der Waals surface area contributed by atoms with Gasteiger partial charge >= 0.3 is 0 Å². The van der Waals surface area contributed by atoms with Gasteiger partial charge in [0.05, 0.1) is 5.60 Å². The molecule has 22 heavy (non-hydrogen) atoms. The van der Waals surface area contributed by atoms with Crippen LogP contribution in [0.25, 0.3) is 10.9 Å². The van der Waals surface area contributed by atoms with Gasteiger partial charge < -0.3 is 14.4 Å². The number of β-amino-alcohol motifs (C(OH)–C–C–N with tert-alkyl or cyclic N) is 1. The van der Waals surface area contributed by atoms with E-state index < -0.39 is 11.2 Å². The van der Waals surface area contributed by atoms with Crippen molar-refractivity contribution in [2.45, 2.75) is 37.0 Å². The van der Waals surface area contributed by atoms with Gasteiger partial charge in [0.25, 0.3) is 0 Å². The maximum absolute atomic E-state index is 10.8. The van der Waals surface area contributed by atoms with E-state index in [1.165, 1.54) is 22.0 Å². The number of nitrogens with zero attached hydrogens (tertiary/aromatic N) is 2. The van der Waals surface area contributed by atoms with Gasteiger partial charge in [0.15, 0.2) is 0 Å². The van der Waals surface area contributed by atoms with Crippen LogP contribution in [0.1, 0.15) is 24.5 Å². The zero-order valence-electron chi connectivity index (χ0n) is 13.8. The van der Waals surface area contributed by atoms with Crippen molar-refractivity contribution in [2.75, 3.05) is 20.7 Å². The first-order valence-electron chi connectivity index (χ1n) is 7.93. The second-order valence-corrected chi connectivity index (χ2v) is 7.37. The summed E-state index contributed by atoms with van der Waals surface area (Å²) in [5.74, 6) is 0. The molecule has 4 heteroatoms. The van der Waals surface area contributed by atoms with Gasteiger partial charge in [-0.3, -0.25) is 4.90 Å². The Hall–Kier alpha value is -1.36. The molecule has 2 aromatic rings. The fourth-order valence-corrected chi connectivity index (χ4v) is 4.91. The summed E-state index contributed by atoms with van der Waals surface area (Å²) in [5, 5.41) is 12.1. The van der Waals surface area contributed by atoms with Crippen LogP contribution in [0.2, 0.25) is 0 Å². The molecule has 0 saturated carbocycles. The van der Waals surface area contributed by atoms with Crippen LogP contribution in [-0.2, 0) is 23.8 Å². The lowest BCUT2D eigenvalue weighted by molar-refractivity contribution is -0.172. The normalized spacial score (nSPS) is 34.9. The summed E-state index contributed by atoms with van der Waals surface area (Å²) in [6.45, 7) is 2.60. The fourth-order valence-electron chi connectivity index (χ4n) is 4.91. The Morgan fingerprint density at radius 2 is 2.09 bits per heavy atom. The van der Waals surface area contributed by atoms with Crippen molar-refractivity contribution in [3.05, 3.63) is 35.5 Å².